The summed E-state index contributed by atoms with van der Waals surface area (Å²) in [5.41, 5.74) is 2.65. The highest BCUT2D eigenvalue weighted by Gasteiger charge is 2.34. The minimum absolute atomic E-state index is 0.0153. The van der Waals surface area contributed by atoms with Crippen molar-refractivity contribution >= 4 is 17.5 Å². The van der Waals surface area contributed by atoms with Crippen LogP contribution >= 0.6 is 11.6 Å². The van der Waals surface area contributed by atoms with Gasteiger partial charge in [-0.1, -0.05) is 17.7 Å². The number of aromatic amines is 1. The van der Waals surface area contributed by atoms with Crippen LogP contribution < -0.4 is 5.32 Å². The molecule has 4 nitrogen and oxygen atoms in total. The van der Waals surface area contributed by atoms with Gasteiger partial charge in [0.25, 0.3) is 5.91 Å². The highest BCUT2D eigenvalue weighted by atomic mass is 35.5. The van der Waals surface area contributed by atoms with E-state index in [2.05, 4.69) is 15.3 Å². The van der Waals surface area contributed by atoms with Gasteiger partial charge in [-0.05, 0) is 42.9 Å². The van der Waals surface area contributed by atoms with Crippen LogP contribution in [0, 0.1) is 12.8 Å². The van der Waals surface area contributed by atoms with Gasteiger partial charge >= 0.3 is 0 Å². The van der Waals surface area contributed by atoms with E-state index in [0.717, 1.165) is 24.0 Å². The fraction of sp³-hybridized carbons (Fsp3) is 0.333. The molecule has 0 aromatic carbocycles. The zero-order valence-corrected chi connectivity index (χ0v) is 11.9. The van der Waals surface area contributed by atoms with E-state index in [1.165, 1.54) is 0 Å². The first-order valence-electron chi connectivity index (χ1n) is 6.71. The largest absolute Gasteiger partial charge is 0.367 e. The van der Waals surface area contributed by atoms with E-state index >= 15 is 0 Å². The molecule has 1 saturated carbocycles. The molecule has 1 fully saturated rings. The number of H-pyrrole nitrogens is 1. The molecule has 104 valence electrons. The number of hydrogen-bond donors (Lipinski definition) is 2. The summed E-state index contributed by atoms with van der Waals surface area (Å²) in [4.78, 5) is 19.4. The Morgan fingerprint density at radius 3 is 2.80 bits per heavy atom. The van der Waals surface area contributed by atoms with Gasteiger partial charge in [-0.3, -0.25) is 4.79 Å². The average molecular weight is 290 g/mol. The van der Waals surface area contributed by atoms with Crippen molar-refractivity contribution in [2.45, 2.75) is 25.8 Å². The van der Waals surface area contributed by atoms with Gasteiger partial charge in [0.1, 0.15) is 5.15 Å². The number of nitrogens with zero attached hydrogens (tertiary/aromatic N) is 1. The van der Waals surface area contributed by atoms with Gasteiger partial charge in [0.2, 0.25) is 0 Å². The molecule has 2 N–H and O–H groups in total. The fourth-order valence-electron chi connectivity index (χ4n) is 2.38. The van der Waals surface area contributed by atoms with E-state index < -0.39 is 0 Å². The Kier molecular flexibility index (Phi) is 3.49. The van der Waals surface area contributed by atoms with Crippen molar-refractivity contribution in [3.63, 3.8) is 0 Å². The quantitative estimate of drug-likeness (QED) is 0.849. The summed E-state index contributed by atoms with van der Waals surface area (Å²) in [5.74, 6) is 0.455. The standard InChI is InChI=1S/C15H16ClN3O/c1-9-6-17-8-12(9)15(20)19-14(10-2-3-10)11-4-5-13(16)18-7-11/h4-8,10,14,17H,2-3H2,1H3,(H,19,20). The van der Waals surface area contributed by atoms with Crippen LogP contribution in [0.5, 0.6) is 0 Å². The van der Waals surface area contributed by atoms with Crippen molar-refractivity contribution in [1.82, 2.24) is 15.3 Å². The first kappa shape index (κ1) is 13.2. The molecule has 0 bridgehead atoms. The lowest BCUT2D eigenvalue weighted by molar-refractivity contribution is 0.0931. The summed E-state index contributed by atoms with van der Waals surface area (Å²) in [5, 5.41) is 3.58. The van der Waals surface area contributed by atoms with Crippen molar-refractivity contribution in [3.05, 3.63) is 52.6 Å². The van der Waals surface area contributed by atoms with Crippen LogP contribution in [0.3, 0.4) is 0 Å². The zero-order valence-electron chi connectivity index (χ0n) is 11.2. The number of carbonyl (C=O) groups is 1. The maximum atomic E-state index is 12.3. The summed E-state index contributed by atoms with van der Waals surface area (Å²) < 4.78 is 0. The topological polar surface area (TPSA) is 57.8 Å². The van der Waals surface area contributed by atoms with E-state index in [9.17, 15) is 4.79 Å². The number of aromatic nitrogens is 2. The number of amides is 1. The van der Waals surface area contributed by atoms with Gasteiger partial charge in [0, 0.05) is 18.6 Å². The van der Waals surface area contributed by atoms with Crippen LogP contribution in [0.2, 0.25) is 5.15 Å². The average Bonchev–Trinajstić information content (AvgIpc) is 3.18. The predicted molar refractivity (Wildman–Crippen MR) is 77.7 cm³/mol. The molecule has 1 unspecified atom stereocenters. The lowest BCUT2D eigenvalue weighted by Gasteiger charge is -2.18. The minimum Gasteiger partial charge on any atom is -0.367 e. The number of pyridine rings is 1. The van der Waals surface area contributed by atoms with Crippen LogP contribution in [0.4, 0.5) is 0 Å². The molecular formula is C15H16ClN3O. The molecule has 3 rings (SSSR count). The van der Waals surface area contributed by atoms with Crippen molar-refractivity contribution in [2.24, 2.45) is 5.92 Å². The zero-order chi connectivity index (χ0) is 14.1. The Bertz CT molecular complexity index is 616. The highest BCUT2D eigenvalue weighted by molar-refractivity contribution is 6.29. The molecule has 1 aliphatic carbocycles. The smallest absolute Gasteiger partial charge is 0.253 e. The number of aryl methyl sites for hydroxylation is 1. The van der Waals surface area contributed by atoms with Crippen molar-refractivity contribution in [2.75, 3.05) is 0 Å². The molecule has 2 aromatic rings. The second-order valence-corrected chi connectivity index (χ2v) is 5.64. The third kappa shape index (κ3) is 2.70. The Labute approximate surface area is 122 Å². The van der Waals surface area contributed by atoms with Gasteiger partial charge in [-0.15, -0.1) is 0 Å². The van der Waals surface area contributed by atoms with Crippen LogP contribution in [0.25, 0.3) is 0 Å². The minimum atomic E-state index is -0.0457. The molecule has 5 heteroatoms. The molecule has 2 aromatic heterocycles. The molecule has 1 amide bonds. The third-order valence-electron chi connectivity index (χ3n) is 3.69. The van der Waals surface area contributed by atoms with Gasteiger partial charge < -0.3 is 10.3 Å². The summed E-state index contributed by atoms with van der Waals surface area (Å²) in [6, 6.07) is 3.71. The van der Waals surface area contributed by atoms with Crippen molar-refractivity contribution in [1.29, 1.82) is 0 Å². The summed E-state index contributed by atoms with van der Waals surface area (Å²) in [6.07, 6.45) is 7.58. The Balaban J connectivity index is 1.80. The van der Waals surface area contributed by atoms with E-state index in [1.54, 1.807) is 18.5 Å². The van der Waals surface area contributed by atoms with E-state index in [0.29, 0.717) is 16.6 Å². The number of halogens is 1. The van der Waals surface area contributed by atoms with Gasteiger partial charge in [0.15, 0.2) is 0 Å². The Morgan fingerprint density at radius 2 is 2.25 bits per heavy atom. The van der Waals surface area contributed by atoms with Crippen molar-refractivity contribution < 1.29 is 4.79 Å². The molecule has 0 aliphatic heterocycles. The molecule has 0 spiro atoms. The summed E-state index contributed by atoms with van der Waals surface area (Å²) in [6.45, 7) is 1.92. The summed E-state index contributed by atoms with van der Waals surface area (Å²) in [7, 11) is 0. The molecule has 2 heterocycles. The Morgan fingerprint density at radius 1 is 1.45 bits per heavy atom. The fourth-order valence-corrected chi connectivity index (χ4v) is 2.49. The van der Waals surface area contributed by atoms with Gasteiger partial charge in [-0.25, -0.2) is 4.98 Å². The van der Waals surface area contributed by atoms with Gasteiger partial charge in [-0.2, -0.15) is 0 Å². The number of rotatable bonds is 4. The van der Waals surface area contributed by atoms with E-state index in [4.69, 9.17) is 11.6 Å². The maximum absolute atomic E-state index is 12.3. The molecule has 0 radical (unpaired) electrons. The Hall–Kier alpha value is -1.81. The van der Waals surface area contributed by atoms with Crippen LogP contribution in [-0.4, -0.2) is 15.9 Å². The number of carbonyl (C=O) groups excluding carboxylic acids is 1. The number of nitrogens with one attached hydrogen (secondary N) is 2. The molecular weight excluding hydrogens is 274 g/mol. The molecule has 1 aliphatic rings. The molecule has 1 atom stereocenters. The molecule has 20 heavy (non-hydrogen) atoms. The molecule has 0 saturated heterocycles. The van der Waals surface area contributed by atoms with Crippen LogP contribution in [0.1, 0.15) is 40.4 Å². The lowest BCUT2D eigenvalue weighted by Crippen LogP contribution is -2.30. The normalized spacial score (nSPS) is 15.9. The van der Waals surface area contributed by atoms with Gasteiger partial charge in [0.05, 0.1) is 11.6 Å². The van der Waals surface area contributed by atoms with Crippen molar-refractivity contribution in [3.8, 4) is 0 Å². The summed E-state index contributed by atoms with van der Waals surface area (Å²) >= 11 is 5.82. The second-order valence-electron chi connectivity index (χ2n) is 5.25. The predicted octanol–water partition coefficient (Wildman–Crippen LogP) is 3.25. The van der Waals surface area contributed by atoms with Crippen LogP contribution in [0.15, 0.2) is 30.7 Å². The van der Waals surface area contributed by atoms with Crippen LogP contribution in [-0.2, 0) is 0 Å². The first-order chi connectivity index (χ1) is 9.65. The van der Waals surface area contributed by atoms with E-state index in [-0.39, 0.29) is 11.9 Å². The highest BCUT2D eigenvalue weighted by Crippen LogP contribution is 2.41. The SMILES string of the molecule is Cc1c[nH]cc1C(=O)NC(c1ccc(Cl)nc1)C1CC1. The monoisotopic (exact) mass is 289 g/mol. The maximum Gasteiger partial charge on any atom is 0.253 e. The number of hydrogen-bond acceptors (Lipinski definition) is 2. The van der Waals surface area contributed by atoms with E-state index in [1.807, 2.05) is 19.2 Å². The first-order valence-corrected chi connectivity index (χ1v) is 7.08. The third-order valence-corrected chi connectivity index (χ3v) is 3.91. The second kappa shape index (κ2) is 5.29. The lowest BCUT2D eigenvalue weighted by atomic mass is 10.0.